The molecule has 6 nitrogen and oxygen atoms in total. The number of amides is 3. The first-order valence-corrected chi connectivity index (χ1v) is 9.36. The molecule has 2 atom stereocenters. The summed E-state index contributed by atoms with van der Waals surface area (Å²) in [6.07, 6.45) is -0.997. The lowest BCUT2D eigenvalue weighted by Gasteiger charge is -2.23. The molecule has 2 aromatic rings. The topological polar surface area (TPSA) is 78.9 Å². The van der Waals surface area contributed by atoms with Crippen LogP contribution in [0.4, 0.5) is 4.79 Å². The maximum absolute atomic E-state index is 12.9. The highest BCUT2D eigenvalue weighted by atomic mass is 79.9. The van der Waals surface area contributed by atoms with Gasteiger partial charge in [0.1, 0.15) is 24.0 Å². The van der Waals surface area contributed by atoms with Crippen molar-refractivity contribution in [2.75, 3.05) is 13.2 Å². The zero-order valence-electron chi connectivity index (χ0n) is 15.1. The largest absolute Gasteiger partial charge is 0.491 e. The number of hydrogen-bond acceptors (Lipinski definition) is 4. The Morgan fingerprint density at radius 3 is 2.41 bits per heavy atom. The predicted molar refractivity (Wildman–Crippen MR) is 104 cm³/mol. The van der Waals surface area contributed by atoms with Crippen molar-refractivity contribution < 1.29 is 19.4 Å². The standard InChI is InChI=1S/C20H21BrN2O4/c1-13-3-5-14(6-4-13)20(2)18(25)23(19(26)22-20)11-16(24)12-27-17-9-7-15(21)8-10-17/h3-10,16,24H,11-12H2,1-2H3,(H,22,26)/t16-,20-/m1/s1. The molecule has 0 aliphatic carbocycles. The Kier molecular flexibility index (Phi) is 5.53. The summed E-state index contributed by atoms with van der Waals surface area (Å²) >= 11 is 3.34. The summed E-state index contributed by atoms with van der Waals surface area (Å²) in [6.45, 7) is 3.46. The number of aliphatic hydroxyl groups excluding tert-OH is 1. The van der Waals surface area contributed by atoms with E-state index < -0.39 is 17.7 Å². The van der Waals surface area contributed by atoms with Gasteiger partial charge in [0.05, 0.1) is 6.54 Å². The van der Waals surface area contributed by atoms with Gasteiger partial charge in [-0.05, 0) is 43.7 Å². The van der Waals surface area contributed by atoms with Crippen LogP contribution in [-0.4, -0.2) is 41.2 Å². The zero-order chi connectivity index (χ0) is 19.6. The number of nitrogens with one attached hydrogen (secondary N) is 1. The molecular formula is C20H21BrN2O4. The van der Waals surface area contributed by atoms with E-state index in [4.69, 9.17) is 4.74 Å². The molecule has 2 aromatic carbocycles. The van der Waals surface area contributed by atoms with Gasteiger partial charge in [0.15, 0.2) is 0 Å². The minimum Gasteiger partial charge on any atom is -0.491 e. The fourth-order valence-corrected chi connectivity index (χ4v) is 3.20. The van der Waals surface area contributed by atoms with E-state index >= 15 is 0 Å². The van der Waals surface area contributed by atoms with Gasteiger partial charge in [-0.15, -0.1) is 0 Å². The first-order chi connectivity index (χ1) is 12.8. The monoisotopic (exact) mass is 432 g/mol. The van der Waals surface area contributed by atoms with Crippen LogP contribution in [0, 0.1) is 6.92 Å². The number of carbonyl (C=O) groups excluding carboxylic acids is 2. The number of urea groups is 1. The van der Waals surface area contributed by atoms with Crippen molar-refractivity contribution in [2.45, 2.75) is 25.5 Å². The molecule has 142 valence electrons. The first-order valence-electron chi connectivity index (χ1n) is 8.57. The molecule has 0 aromatic heterocycles. The Hall–Kier alpha value is -2.38. The average Bonchev–Trinajstić information content (AvgIpc) is 2.86. The van der Waals surface area contributed by atoms with Crippen molar-refractivity contribution in [2.24, 2.45) is 0 Å². The molecule has 2 N–H and O–H groups in total. The van der Waals surface area contributed by atoms with Crippen LogP contribution < -0.4 is 10.1 Å². The molecule has 0 bridgehead atoms. The van der Waals surface area contributed by atoms with Crippen molar-refractivity contribution in [3.63, 3.8) is 0 Å². The summed E-state index contributed by atoms with van der Waals surface area (Å²) in [5, 5.41) is 13.0. The third kappa shape index (κ3) is 4.14. The Balaban J connectivity index is 1.64. The number of β-amino-alcohol motifs (C(OH)–C–C–N with tert-alkyl or cyclic N) is 1. The molecule has 0 saturated carbocycles. The minimum absolute atomic E-state index is 0.0278. The van der Waals surface area contributed by atoms with E-state index in [2.05, 4.69) is 21.2 Å². The van der Waals surface area contributed by atoms with E-state index in [1.54, 1.807) is 19.1 Å². The van der Waals surface area contributed by atoms with Crippen LogP contribution in [0.1, 0.15) is 18.1 Å². The van der Waals surface area contributed by atoms with Crippen molar-refractivity contribution >= 4 is 27.9 Å². The lowest BCUT2D eigenvalue weighted by Crippen LogP contribution is -2.42. The second-order valence-corrected chi connectivity index (χ2v) is 7.67. The summed E-state index contributed by atoms with van der Waals surface area (Å²) < 4.78 is 6.43. The number of imide groups is 1. The number of aliphatic hydroxyl groups is 1. The molecule has 1 aliphatic rings. The number of halogens is 1. The molecule has 1 fully saturated rings. The Bertz CT molecular complexity index is 838. The van der Waals surface area contributed by atoms with E-state index in [1.807, 2.05) is 43.3 Å². The SMILES string of the molecule is Cc1ccc([C@@]2(C)NC(=O)N(C[C@@H](O)COc3ccc(Br)cc3)C2=O)cc1. The summed E-state index contributed by atoms with van der Waals surface area (Å²) in [5.74, 6) is 0.206. The van der Waals surface area contributed by atoms with Crippen LogP contribution in [0.25, 0.3) is 0 Å². The Morgan fingerprint density at radius 2 is 1.78 bits per heavy atom. The van der Waals surface area contributed by atoms with Gasteiger partial charge in [-0.3, -0.25) is 9.69 Å². The van der Waals surface area contributed by atoms with Gasteiger partial charge in [0, 0.05) is 4.47 Å². The van der Waals surface area contributed by atoms with Crippen molar-refractivity contribution in [3.8, 4) is 5.75 Å². The van der Waals surface area contributed by atoms with Crippen LogP contribution in [0.3, 0.4) is 0 Å². The number of rotatable bonds is 6. The van der Waals surface area contributed by atoms with Crippen molar-refractivity contribution in [1.82, 2.24) is 10.2 Å². The zero-order valence-corrected chi connectivity index (χ0v) is 16.7. The number of carbonyl (C=O) groups is 2. The molecule has 0 spiro atoms. The van der Waals surface area contributed by atoms with Crippen LogP contribution in [0.2, 0.25) is 0 Å². The summed E-state index contributed by atoms with van der Waals surface area (Å²) in [7, 11) is 0. The minimum atomic E-state index is -1.14. The molecule has 3 rings (SSSR count). The van der Waals surface area contributed by atoms with Crippen LogP contribution >= 0.6 is 15.9 Å². The molecule has 27 heavy (non-hydrogen) atoms. The molecular weight excluding hydrogens is 412 g/mol. The Morgan fingerprint density at radius 1 is 1.15 bits per heavy atom. The fourth-order valence-electron chi connectivity index (χ4n) is 2.93. The van der Waals surface area contributed by atoms with Crippen LogP contribution in [0.5, 0.6) is 5.75 Å². The van der Waals surface area contributed by atoms with E-state index in [0.717, 1.165) is 14.9 Å². The third-order valence-corrected chi connectivity index (χ3v) is 5.08. The summed E-state index contributed by atoms with van der Waals surface area (Å²) in [6, 6.07) is 14.1. The number of aryl methyl sites for hydroxylation is 1. The maximum atomic E-state index is 12.9. The number of hydrogen-bond donors (Lipinski definition) is 2. The summed E-state index contributed by atoms with van der Waals surface area (Å²) in [4.78, 5) is 26.2. The smallest absolute Gasteiger partial charge is 0.325 e. The lowest BCUT2D eigenvalue weighted by molar-refractivity contribution is -0.132. The highest BCUT2D eigenvalue weighted by Gasteiger charge is 2.49. The Labute approximate surface area is 166 Å². The normalized spacial score (nSPS) is 20.5. The van der Waals surface area contributed by atoms with Gasteiger partial charge in [-0.2, -0.15) is 0 Å². The molecule has 3 amide bonds. The molecule has 1 saturated heterocycles. The van der Waals surface area contributed by atoms with E-state index in [0.29, 0.717) is 11.3 Å². The second kappa shape index (κ2) is 7.70. The predicted octanol–water partition coefficient (Wildman–Crippen LogP) is 2.96. The van der Waals surface area contributed by atoms with Crippen LogP contribution in [0.15, 0.2) is 53.0 Å². The number of nitrogens with zero attached hydrogens (tertiary/aromatic N) is 1. The second-order valence-electron chi connectivity index (χ2n) is 6.76. The van der Waals surface area contributed by atoms with Crippen molar-refractivity contribution in [1.29, 1.82) is 0 Å². The molecule has 1 heterocycles. The molecule has 0 unspecified atom stereocenters. The highest BCUT2D eigenvalue weighted by Crippen LogP contribution is 2.29. The van der Waals surface area contributed by atoms with E-state index in [1.165, 1.54) is 0 Å². The van der Waals surface area contributed by atoms with Gasteiger partial charge in [-0.1, -0.05) is 45.8 Å². The third-order valence-electron chi connectivity index (χ3n) is 4.55. The number of benzene rings is 2. The average molecular weight is 433 g/mol. The van der Waals surface area contributed by atoms with Gasteiger partial charge in [0.2, 0.25) is 0 Å². The molecule has 0 radical (unpaired) electrons. The first kappa shape index (κ1) is 19.4. The van der Waals surface area contributed by atoms with Gasteiger partial charge in [0.25, 0.3) is 5.91 Å². The van der Waals surface area contributed by atoms with Gasteiger partial charge < -0.3 is 15.2 Å². The molecule has 1 aliphatic heterocycles. The van der Waals surface area contributed by atoms with Gasteiger partial charge in [-0.25, -0.2) is 4.79 Å². The number of ether oxygens (including phenoxy) is 1. The van der Waals surface area contributed by atoms with E-state index in [9.17, 15) is 14.7 Å². The molecule has 7 heteroatoms. The van der Waals surface area contributed by atoms with Crippen molar-refractivity contribution in [3.05, 3.63) is 64.1 Å². The summed E-state index contributed by atoms with van der Waals surface area (Å²) in [5.41, 5.74) is 0.628. The quantitative estimate of drug-likeness (QED) is 0.687. The lowest BCUT2D eigenvalue weighted by atomic mass is 9.91. The van der Waals surface area contributed by atoms with E-state index in [-0.39, 0.29) is 19.1 Å². The maximum Gasteiger partial charge on any atom is 0.325 e. The van der Waals surface area contributed by atoms with Gasteiger partial charge >= 0.3 is 6.03 Å². The fraction of sp³-hybridized carbons (Fsp3) is 0.300. The van der Waals surface area contributed by atoms with Crippen LogP contribution in [-0.2, 0) is 10.3 Å². The highest BCUT2D eigenvalue weighted by molar-refractivity contribution is 9.10.